The van der Waals surface area contributed by atoms with Crippen LogP contribution in [0.3, 0.4) is 0 Å². The van der Waals surface area contributed by atoms with Gasteiger partial charge in [0.1, 0.15) is 5.70 Å². The summed E-state index contributed by atoms with van der Waals surface area (Å²) in [5, 5.41) is 4.60. The molecular weight excluding hydrogens is 387 g/mol. The number of imide groups is 1. The summed E-state index contributed by atoms with van der Waals surface area (Å²) in [7, 11) is 1.56. The van der Waals surface area contributed by atoms with Crippen molar-refractivity contribution in [1.82, 2.24) is 10.6 Å². The zero-order valence-electron chi connectivity index (χ0n) is 11.8. The fraction of sp³-hybridized carbons (Fsp3) is 0.286. The van der Waals surface area contributed by atoms with Crippen molar-refractivity contribution in [2.45, 2.75) is 20.0 Å². The molecule has 0 spiro atoms. The number of nitrogens with one attached hydrogen (secondary N) is 2. The molecule has 1 aromatic carbocycles. The van der Waals surface area contributed by atoms with E-state index in [0.29, 0.717) is 11.5 Å². The third-order valence-electron chi connectivity index (χ3n) is 2.64. The maximum atomic E-state index is 11.5. The molecule has 1 heterocycles. The summed E-state index contributed by atoms with van der Waals surface area (Å²) in [5.74, 6) is 0.791. The van der Waals surface area contributed by atoms with Crippen molar-refractivity contribution in [3.63, 3.8) is 0 Å². The highest BCUT2D eigenvalue weighted by Gasteiger charge is 2.23. The third-order valence-corrected chi connectivity index (χ3v) is 3.44. The Kier molecular flexibility index (Phi) is 4.71. The van der Waals surface area contributed by atoms with E-state index in [9.17, 15) is 9.59 Å². The zero-order chi connectivity index (χ0) is 15.6. The lowest BCUT2D eigenvalue weighted by Crippen LogP contribution is -2.22. The van der Waals surface area contributed by atoms with E-state index < -0.39 is 11.9 Å². The Morgan fingerprint density at radius 3 is 2.48 bits per heavy atom. The van der Waals surface area contributed by atoms with Crippen molar-refractivity contribution in [1.29, 1.82) is 0 Å². The van der Waals surface area contributed by atoms with Crippen LogP contribution in [-0.4, -0.2) is 25.2 Å². The van der Waals surface area contributed by atoms with Gasteiger partial charge < -0.3 is 14.8 Å². The van der Waals surface area contributed by atoms with E-state index in [2.05, 4.69) is 33.2 Å². The van der Waals surface area contributed by atoms with Crippen LogP contribution in [0.15, 0.2) is 17.8 Å². The van der Waals surface area contributed by atoms with Crippen LogP contribution in [0.4, 0.5) is 4.79 Å². The predicted octanol–water partition coefficient (Wildman–Crippen LogP) is 2.27. The summed E-state index contributed by atoms with van der Waals surface area (Å²) in [6, 6.07) is 3.09. The second-order valence-corrected chi connectivity index (χ2v) is 5.83. The monoisotopic (exact) mass is 402 g/mol. The van der Waals surface area contributed by atoms with Crippen LogP contribution in [0.25, 0.3) is 6.08 Å². The minimum Gasteiger partial charge on any atom is -0.493 e. The number of hydrogen-bond acceptors (Lipinski definition) is 4. The fourth-order valence-electron chi connectivity index (χ4n) is 1.82. The van der Waals surface area contributed by atoms with Gasteiger partial charge in [-0.2, -0.15) is 0 Å². The van der Waals surface area contributed by atoms with E-state index in [1.165, 1.54) is 0 Å². The molecule has 2 N–H and O–H groups in total. The Hall–Kier alpha value is -1.77. The van der Waals surface area contributed by atoms with Gasteiger partial charge in [0.05, 0.1) is 16.8 Å². The molecule has 0 saturated carbocycles. The van der Waals surface area contributed by atoms with Crippen LogP contribution in [0, 0.1) is 3.57 Å². The average molecular weight is 402 g/mol. The number of halogens is 1. The lowest BCUT2D eigenvalue weighted by molar-refractivity contribution is -0.115. The highest BCUT2D eigenvalue weighted by Crippen LogP contribution is 2.35. The normalized spacial score (nSPS) is 16.1. The summed E-state index contributed by atoms with van der Waals surface area (Å²) in [4.78, 5) is 22.6. The van der Waals surface area contributed by atoms with Gasteiger partial charge >= 0.3 is 6.03 Å². The van der Waals surface area contributed by atoms with Crippen LogP contribution < -0.4 is 20.1 Å². The molecule has 0 atom stereocenters. The number of hydrogen-bond donors (Lipinski definition) is 2. The average Bonchev–Trinajstić information content (AvgIpc) is 2.70. The minimum absolute atomic E-state index is 0.0246. The molecule has 1 aliphatic heterocycles. The lowest BCUT2D eigenvalue weighted by Gasteiger charge is -2.16. The molecule has 0 aromatic heterocycles. The molecule has 1 fully saturated rings. The van der Waals surface area contributed by atoms with Crippen molar-refractivity contribution in [2.75, 3.05) is 7.11 Å². The number of methoxy groups -OCH3 is 1. The number of carbonyl (C=O) groups is 2. The summed E-state index contributed by atoms with van der Waals surface area (Å²) in [6.45, 7) is 3.87. The quantitative estimate of drug-likeness (QED) is 0.460. The van der Waals surface area contributed by atoms with Crippen LogP contribution in [0.2, 0.25) is 0 Å². The predicted molar refractivity (Wildman–Crippen MR) is 86.1 cm³/mol. The van der Waals surface area contributed by atoms with E-state index >= 15 is 0 Å². The van der Waals surface area contributed by atoms with Crippen molar-refractivity contribution >= 4 is 40.6 Å². The molecular formula is C14H15IN2O4. The second kappa shape index (κ2) is 6.33. The van der Waals surface area contributed by atoms with E-state index in [1.54, 1.807) is 19.3 Å². The topological polar surface area (TPSA) is 76.7 Å². The molecule has 1 aliphatic rings. The number of rotatable bonds is 4. The Balaban J connectivity index is 2.38. The first-order chi connectivity index (χ1) is 9.90. The standard InChI is InChI=1S/C14H15IN2O4/c1-7(2)21-12-9(15)4-8(6-11(12)20-3)5-10-13(18)17-14(19)16-10/h4-7H,1-3H3,(H2,16,17,18,19)/b10-5+. The van der Waals surface area contributed by atoms with Gasteiger partial charge in [-0.25, -0.2) is 4.79 Å². The zero-order valence-corrected chi connectivity index (χ0v) is 14.0. The first kappa shape index (κ1) is 15.6. The summed E-state index contributed by atoms with van der Waals surface area (Å²) >= 11 is 2.14. The summed E-state index contributed by atoms with van der Waals surface area (Å²) in [6.07, 6.45) is 1.61. The van der Waals surface area contributed by atoms with Gasteiger partial charge in [-0.3, -0.25) is 10.1 Å². The smallest absolute Gasteiger partial charge is 0.326 e. The molecule has 7 heteroatoms. The van der Waals surface area contributed by atoms with Crippen LogP contribution in [-0.2, 0) is 4.79 Å². The van der Waals surface area contributed by atoms with Crippen LogP contribution >= 0.6 is 22.6 Å². The highest BCUT2D eigenvalue weighted by atomic mass is 127. The van der Waals surface area contributed by atoms with Gasteiger partial charge in [-0.15, -0.1) is 0 Å². The van der Waals surface area contributed by atoms with Crippen molar-refractivity contribution < 1.29 is 19.1 Å². The first-order valence-corrected chi connectivity index (χ1v) is 7.36. The van der Waals surface area contributed by atoms with Crippen LogP contribution in [0.5, 0.6) is 11.5 Å². The Labute approximate surface area is 136 Å². The lowest BCUT2D eigenvalue weighted by atomic mass is 10.1. The second-order valence-electron chi connectivity index (χ2n) is 4.67. The first-order valence-electron chi connectivity index (χ1n) is 6.29. The summed E-state index contributed by atoms with van der Waals surface area (Å²) < 4.78 is 11.9. The molecule has 1 saturated heterocycles. The Morgan fingerprint density at radius 2 is 1.95 bits per heavy atom. The molecule has 6 nitrogen and oxygen atoms in total. The van der Waals surface area contributed by atoms with Gasteiger partial charge in [0.15, 0.2) is 11.5 Å². The molecule has 1 aromatic rings. The Bertz CT molecular complexity index is 626. The van der Waals surface area contributed by atoms with Crippen molar-refractivity contribution in [3.05, 3.63) is 27.0 Å². The molecule has 0 radical (unpaired) electrons. The number of urea groups is 1. The van der Waals surface area contributed by atoms with Gasteiger partial charge in [0.2, 0.25) is 0 Å². The molecule has 21 heavy (non-hydrogen) atoms. The van der Waals surface area contributed by atoms with Gasteiger partial charge in [-0.05, 0) is 60.2 Å². The Morgan fingerprint density at radius 1 is 1.24 bits per heavy atom. The minimum atomic E-state index is -0.521. The van der Waals surface area contributed by atoms with E-state index in [1.807, 2.05) is 19.9 Å². The molecule has 0 aliphatic carbocycles. The molecule has 112 valence electrons. The maximum absolute atomic E-state index is 11.5. The van der Waals surface area contributed by atoms with E-state index in [4.69, 9.17) is 9.47 Å². The maximum Gasteiger partial charge on any atom is 0.326 e. The number of carbonyl (C=O) groups excluding carboxylic acids is 2. The largest absolute Gasteiger partial charge is 0.493 e. The fourth-order valence-corrected chi connectivity index (χ4v) is 2.57. The molecule has 2 rings (SSSR count). The van der Waals surface area contributed by atoms with Crippen LogP contribution in [0.1, 0.15) is 19.4 Å². The molecule has 0 unspecified atom stereocenters. The highest BCUT2D eigenvalue weighted by molar-refractivity contribution is 14.1. The van der Waals surface area contributed by atoms with Gasteiger partial charge in [0, 0.05) is 0 Å². The van der Waals surface area contributed by atoms with E-state index in [0.717, 1.165) is 9.13 Å². The number of amides is 3. The molecule has 0 bridgehead atoms. The molecule has 3 amide bonds. The SMILES string of the molecule is COc1cc(/C=C2/NC(=O)NC2=O)cc(I)c1OC(C)C. The van der Waals surface area contributed by atoms with E-state index in [-0.39, 0.29) is 11.8 Å². The summed E-state index contributed by atoms with van der Waals surface area (Å²) in [5.41, 5.74) is 0.940. The van der Waals surface area contributed by atoms with Gasteiger partial charge in [0.25, 0.3) is 5.91 Å². The number of ether oxygens (including phenoxy) is 2. The third kappa shape index (κ3) is 3.66. The van der Waals surface area contributed by atoms with Gasteiger partial charge in [-0.1, -0.05) is 0 Å². The van der Waals surface area contributed by atoms with Crippen molar-refractivity contribution in [2.24, 2.45) is 0 Å². The van der Waals surface area contributed by atoms with Crippen molar-refractivity contribution in [3.8, 4) is 11.5 Å². The number of benzene rings is 1.